The van der Waals surface area contributed by atoms with Crippen LogP contribution in [0.3, 0.4) is 0 Å². The Bertz CT molecular complexity index is 930. The zero-order chi connectivity index (χ0) is 20.9. The van der Waals surface area contributed by atoms with E-state index in [-0.39, 0.29) is 24.3 Å². The van der Waals surface area contributed by atoms with E-state index in [1.54, 1.807) is 29.2 Å². The first-order chi connectivity index (χ1) is 14.6. The van der Waals surface area contributed by atoms with E-state index in [9.17, 15) is 9.59 Å². The smallest absolute Gasteiger partial charge is 0.242 e. The van der Waals surface area contributed by atoms with Gasteiger partial charge in [0.15, 0.2) is 5.17 Å². The molecular weight excluding hydrogens is 422 g/mol. The molecule has 2 heterocycles. The highest BCUT2D eigenvalue weighted by Gasteiger charge is 2.40. The first-order valence-electron chi connectivity index (χ1n) is 9.87. The van der Waals surface area contributed by atoms with Crippen molar-refractivity contribution in [3.8, 4) is 0 Å². The number of aliphatic imine (C=N–C) groups is 1. The van der Waals surface area contributed by atoms with Crippen molar-refractivity contribution in [1.29, 1.82) is 0 Å². The molecule has 2 fully saturated rings. The number of nitrogens with one attached hydrogen (secondary N) is 1. The van der Waals surface area contributed by atoms with Crippen molar-refractivity contribution in [2.24, 2.45) is 4.99 Å². The average molecular weight is 444 g/mol. The van der Waals surface area contributed by atoms with Gasteiger partial charge in [0.1, 0.15) is 5.25 Å². The molecule has 30 heavy (non-hydrogen) atoms. The van der Waals surface area contributed by atoms with Gasteiger partial charge in [-0.05, 0) is 49.2 Å². The predicted octanol–water partition coefficient (Wildman–Crippen LogP) is 4.48. The third kappa shape index (κ3) is 5.22. The number of carbonyl (C=O) groups is 2. The van der Waals surface area contributed by atoms with Gasteiger partial charge in [-0.15, -0.1) is 0 Å². The number of thioether (sulfide) groups is 1. The average Bonchev–Trinajstić information content (AvgIpc) is 3.35. The molecule has 2 aliphatic heterocycles. The number of rotatable bonds is 6. The Morgan fingerprint density at radius 1 is 1.20 bits per heavy atom. The minimum absolute atomic E-state index is 0.0113. The third-order valence-electron chi connectivity index (χ3n) is 4.91. The lowest BCUT2D eigenvalue weighted by Crippen LogP contribution is -2.38. The highest BCUT2D eigenvalue weighted by atomic mass is 35.5. The second-order valence-electron chi connectivity index (χ2n) is 7.18. The largest absolute Gasteiger partial charge is 0.376 e. The molecule has 0 radical (unpaired) electrons. The SMILES string of the molecule is O=C(C[C@@H]1SC(=Nc2ccccc2)N(C[C@H]2CCCO2)C1=O)Nc1ccc(Cl)cc1. The zero-order valence-electron chi connectivity index (χ0n) is 16.3. The highest BCUT2D eigenvalue weighted by molar-refractivity contribution is 8.15. The van der Waals surface area contributed by atoms with Crippen LogP contribution in [0.25, 0.3) is 0 Å². The minimum atomic E-state index is -0.513. The molecule has 6 nitrogen and oxygen atoms in total. The van der Waals surface area contributed by atoms with Gasteiger partial charge in [-0.1, -0.05) is 41.6 Å². The molecule has 0 spiro atoms. The van der Waals surface area contributed by atoms with Gasteiger partial charge < -0.3 is 10.1 Å². The Kier molecular flexibility index (Phi) is 6.72. The van der Waals surface area contributed by atoms with Crippen molar-refractivity contribution in [3.05, 3.63) is 59.6 Å². The van der Waals surface area contributed by atoms with E-state index >= 15 is 0 Å². The van der Waals surface area contributed by atoms with Crippen LogP contribution in [-0.4, -0.2) is 46.4 Å². The van der Waals surface area contributed by atoms with Crippen molar-refractivity contribution in [2.45, 2.75) is 30.6 Å². The summed E-state index contributed by atoms with van der Waals surface area (Å²) in [5.41, 5.74) is 1.42. The van der Waals surface area contributed by atoms with E-state index in [4.69, 9.17) is 16.3 Å². The number of halogens is 1. The van der Waals surface area contributed by atoms with Crippen LogP contribution in [0.15, 0.2) is 59.6 Å². The monoisotopic (exact) mass is 443 g/mol. The summed E-state index contributed by atoms with van der Waals surface area (Å²) in [6.45, 7) is 1.19. The lowest BCUT2D eigenvalue weighted by Gasteiger charge is -2.20. The lowest BCUT2D eigenvalue weighted by molar-refractivity contribution is -0.129. The Labute approximate surface area is 184 Å². The minimum Gasteiger partial charge on any atom is -0.376 e. The van der Waals surface area contributed by atoms with Crippen molar-refractivity contribution in [3.63, 3.8) is 0 Å². The third-order valence-corrected chi connectivity index (χ3v) is 6.34. The molecule has 2 atom stereocenters. The molecule has 0 saturated carbocycles. The fourth-order valence-corrected chi connectivity index (χ4v) is 4.70. The molecule has 156 valence electrons. The second-order valence-corrected chi connectivity index (χ2v) is 8.79. The van der Waals surface area contributed by atoms with E-state index in [0.29, 0.717) is 22.4 Å². The van der Waals surface area contributed by atoms with Gasteiger partial charge >= 0.3 is 0 Å². The van der Waals surface area contributed by atoms with Crippen molar-refractivity contribution in [2.75, 3.05) is 18.5 Å². The Balaban J connectivity index is 1.47. The number of anilines is 1. The van der Waals surface area contributed by atoms with Crippen LogP contribution in [0.2, 0.25) is 5.02 Å². The Morgan fingerprint density at radius 3 is 2.67 bits per heavy atom. The Hall–Kier alpha value is -2.35. The van der Waals surface area contributed by atoms with Crippen LogP contribution in [0.4, 0.5) is 11.4 Å². The molecule has 0 bridgehead atoms. The van der Waals surface area contributed by atoms with E-state index in [0.717, 1.165) is 25.1 Å². The van der Waals surface area contributed by atoms with Crippen LogP contribution in [-0.2, 0) is 14.3 Å². The van der Waals surface area contributed by atoms with Crippen LogP contribution >= 0.6 is 23.4 Å². The zero-order valence-corrected chi connectivity index (χ0v) is 17.9. The summed E-state index contributed by atoms with van der Waals surface area (Å²) in [7, 11) is 0. The fourth-order valence-electron chi connectivity index (χ4n) is 3.41. The molecule has 1 N–H and O–H groups in total. The second kappa shape index (κ2) is 9.64. The van der Waals surface area contributed by atoms with Crippen molar-refractivity contribution < 1.29 is 14.3 Å². The van der Waals surface area contributed by atoms with Gasteiger partial charge in [0.25, 0.3) is 0 Å². The first kappa shape index (κ1) is 20.9. The topological polar surface area (TPSA) is 71.0 Å². The van der Waals surface area contributed by atoms with Crippen LogP contribution in [0.1, 0.15) is 19.3 Å². The normalized spacial score (nSPS) is 22.6. The van der Waals surface area contributed by atoms with E-state index in [1.807, 2.05) is 30.3 Å². The standard InChI is InChI=1S/C22H22ClN3O3S/c23-15-8-10-17(11-9-15)24-20(27)13-19-21(28)26(14-18-7-4-12-29-18)22(30-19)25-16-5-2-1-3-6-16/h1-3,5-6,8-11,18-19H,4,7,12-14H2,(H,24,27)/t18-,19+/m1/s1. The van der Waals surface area contributed by atoms with Crippen molar-refractivity contribution >= 4 is 51.7 Å². The molecule has 0 aliphatic carbocycles. The molecule has 2 aromatic carbocycles. The molecule has 2 amide bonds. The number of ether oxygens (including phenoxy) is 1. The van der Waals surface area contributed by atoms with Crippen LogP contribution in [0.5, 0.6) is 0 Å². The predicted molar refractivity (Wildman–Crippen MR) is 120 cm³/mol. The number of nitrogens with zero attached hydrogens (tertiary/aromatic N) is 2. The molecule has 8 heteroatoms. The van der Waals surface area contributed by atoms with E-state index in [2.05, 4.69) is 10.3 Å². The van der Waals surface area contributed by atoms with Gasteiger partial charge in [-0.2, -0.15) is 0 Å². The summed E-state index contributed by atoms with van der Waals surface area (Å²) < 4.78 is 5.72. The van der Waals surface area contributed by atoms with Gasteiger partial charge in [0.2, 0.25) is 11.8 Å². The summed E-state index contributed by atoms with van der Waals surface area (Å²) in [5.74, 6) is -0.322. The molecule has 2 aromatic rings. The number of amidine groups is 1. The fraction of sp³-hybridized carbons (Fsp3) is 0.318. The number of benzene rings is 2. The number of hydrogen-bond donors (Lipinski definition) is 1. The molecule has 2 saturated heterocycles. The Morgan fingerprint density at radius 2 is 1.97 bits per heavy atom. The molecule has 0 unspecified atom stereocenters. The molecule has 4 rings (SSSR count). The maximum absolute atomic E-state index is 13.1. The maximum Gasteiger partial charge on any atom is 0.242 e. The lowest BCUT2D eigenvalue weighted by atomic mass is 10.2. The van der Waals surface area contributed by atoms with Gasteiger partial charge in [-0.25, -0.2) is 4.99 Å². The van der Waals surface area contributed by atoms with E-state index in [1.165, 1.54) is 11.8 Å². The van der Waals surface area contributed by atoms with Crippen molar-refractivity contribution in [1.82, 2.24) is 4.90 Å². The molecule has 0 aromatic heterocycles. The number of hydrogen-bond acceptors (Lipinski definition) is 5. The summed E-state index contributed by atoms with van der Waals surface area (Å²) in [6, 6.07) is 16.4. The highest BCUT2D eigenvalue weighted by Crippen LogP contribution is 2.33. The van der Waals surface area contributed by atoms with E-state index < -0.39 is 5.25 Å². The van der Waals surface area contributed by atoms with Gasteiger partial charge in [0.05, 0.1) is 18.3 Å². The molecule has 2 aliphatic rings. The van der Waals surface area contributed by atoms with Gasteiger partial charge in [-0.3, -0.25) is 14.5 Å². The van der Waals surface area contributed by atoms with Gasteiger partial charge in [0, 0.05) is 23.7 Å². The number of amides is 2. The summed E-state index contributed by atoms with van der Waals surface area (Å²) >= 11 is 7.22. The maximum atomic E-state index is 13.1. The summed E-state index contributed by atoms with van der Waals surface area (Å²) in [6.07, 6.45) is 2.01. The van der Waals surface area contributed by atoms with Crippen LogP contribution < -0.4 is 5.32 Å². The molecular formula is C22H22ClN3O3S. The first-order valence-corrected chi connectivity index (χ1v) is 11.1. The van der Waals surface area contributed by atoms with Crippen LogP contribution in [0, 0.1) is 0 Å². The quantitative estimate of drug-likeness (QED) is 0.714. The number of para-hydroxylation sites is 1. The summed E-state index contributed by atoms with van der Waals surface area (Å²) in [4.78, 5) is 32.0. The summed E-state index contributed by atoms with van der Waals surface area (Å²) in [5, 5.41) is 3.52. The number of carbonyl (C=O) groups excluding carboxylic acids is 2.